The lowest BCUT2D eigenvalue weighted by Gasteiger charge is -2.34. The van der Waals surface area contributed by atoms with Gasteiger partial charge in [-0.25, -0.2) is 14.8 Å². The molecule has 1 aliphatic rings. The van der Waals surface area contributed by atoms with Gasteiger partial charge >= 0.3 is 6.09 Å². The van der Waals surface area contributed by atoms with Gasteiger partial charge in [0.1, 0.15) is 11.6 Å². The second-order valence-electron chi connectivity index (χ2n) is 8.20. The maximum absolute atomic E-state index is 13.5. The number of hydrogen-bond acceptors (Lipinski definition) is 7. The van der Waals surface area contributed by atoms with E-state index in [1.54, 1.807) is 36.5 Å². The van der Waals surface area contributed by atoms with Gasteiger partial charge in [-0.3, -0.25) is 25.1 Å². The Hall–Kier alpha value is -5.07. The Labute approximate surface area is 209 Å². The SMILES string of the molecule is COc1cc2c(cc1OC)C(C(=O)Nc1nc3c(C(=O)Nc4ncc[nH]4)cccc3[nH]1)N(C(=O)O)CC2. The van der Waals surface area contributed by atoms with Crippen LogP contribution < -0.4 is 20.1 Å². The number of ether oxygens (including phenoxy) is 2. The van der Waals surface area contributed by atoms with Crippen LogP contribution in [0.3, 0.4) is 0 Å². The van der Waals surface area contributed by atoms with E-state index in [0.717, 1.165) is 10.5 Å². The minimum absolute atomic E-state index is 0.0659. The Morgan fingerprint density at radius 2 is 1.89 bits per heavy atom. The lowest BCUT2D eigenvalue weighted by molar-refractivity contribution is -0.121. The van der Waals surface area contributed by atoms with Crippen LogP contribution in [0.5, 0.6) is 11.5 Å². The van der Waals surface area contributed by atoms with Crippen molar-refractivity contribution in [2.75, 3.05) is 31.4 Å². The predicted molar refractivity (Wildman–Crippen MR) is 132 cm³/mol. The van der Waals surface area contributed by atoms with E-state index in [9.17, 15) is 19.5 Å². The average molecular weight is 505 g/mol. The summed E-state index contributed by atoms with van der Waals surface area (Å²) in [6.07, 6.45) is 2.26. The van der Waals surface area contributed by atoms with E-state index in [2.05, 4.69) is 30.6 Å². The second-order valence-corrected chi connectivity index (χ2v) is 8.20. The Morgan fingerprint density at radius 3 is 2.59 bits per heavy atom. The van der Waals surface area contributed by atoms with E-state index in [-0.39, 0.29) is 24.0 Å². The summed E-state index contributed by atoms with van der Waals surface area (Å²) in [4.78, 5) is 53.4. The number of amides is 3. The lowest BCUT2D eigenvalue weighted by atomic mass is 9.91. The summed E-state index contributed by atoms with van der Waals surface area (Å²) in [5.41, 5.74) is 2.35. The maximum Gasteiger partial charge on any atom is 0.408 e. The first-order chi connectivity index (χ1) is 17.9. The third-order valence-electron chi connectivity index (χ3n) is 6.10. The number of aromatic amines is 2. The first-order valence-corrected chi connectivity index (χ1v) is 11.2. The van der Waals surface area contributed by atoms with E-state index in [1.165, 1.54) is 20.4 Å². The summed E-state index contributed by atoms with van der Waals surface area (Å²) in [5, 5.41) is 15.1. The summed E-state index contributed by atoms with van der Waals surface area (Å²) in [6.45, 7) is 0.118. The molecule has 0 fully saturated rings. The molecule has 1 aliphatic heterocycles. The minimum Gasteiger partial charge on any atom is -0.493 e. The maximum atomic E-state index is 13.5. The molecule has 13 heteroatoms. The molecule has 4 aromatic rings. The van der Waals surface area contributed by atoms with Crippen molar-refractivity contribution in [1.29, 1.82) is 0 Å². The molecule has 3 heterocycles. The van der Waals surface area contributed by atoms with Crippen LogP contribution in [-0.2, 0) is 11.2 Å². The highest BCUT2D eigenvalue weighted by Crippen LogP contribution is 2.38. The van der Waals surface area contributed by atoms with Crippen molar-refractivity contribution < 1.29 is 29.0 Å². The molecule has 3 amide bonds. The van der Waals surface area contributed by atoms with Crippen molar-refractivity contribution in [3.63, 3.8) is 0 Å². The van der Waals surface area contributed by atoms with E-state index in [4.69, 9.17) is 9.47 Å². The van der Waals surface area contributed by atoms with Crippen LogP contribution in [0.4, 0.5) is 16.7 Å². The van der Waals surface area contributed by atoms with Crippen molar-refractivity contribution >= 4 is 40.8 Å². The number of H-pyrrole nitrogens is 2. The van der Waals surface area contributed by atoms with Gasteiger partial charge in [0.25, 0.3) is 11.8 Å². The number of rotatable bonds is 6. The molecule has 190 valence electrons. The van der Waals surface area contributed by atoms with E-state index in [1.807, 2.05) is 0 Å². The number of anilines is 2. The van der Waals surface area contributed by atoms with Gasteiger partial charge < -0.3 is 24.5 Å². The monoisotopic (exact) mass is 505 g/mol. The Balaban J connectivity index is 1.47. The molecule has 0 bridgehead atoms. The van der Waals surface area contributed by atoms with E-state index in [0.29, 0.717) is 34.5 Å². The molecule has 2 aromatic carbocycles. The van der Waals surface area contributed by atoms with Crippen molar-refractivity contribution in [2.24, 2.45) is 0 Å². The van der Waals surface area contributed by atoms with Crippen LogP contribution in [0.1, 0.15) is 27.5 Å². The quantitative estimate of drug-likeness (QED) is 0.266. The zero-order chi connectivity index (χ0) is 26.1. The molecule has 13 nitrogen and oxygen atoms in total. The summed E-state index contributed by atoms with van der Waals surface area (Å²) in [6, 6.07) is 7.18. The van der Waals surface area contributed by atoms with Gasteiger partial charge in [0, 0.05) is 18.9 Å². The van der Waals surface area contributed by atoms with Crippen LogP contribution in [0.25, 0.3) is 11.0 Å². The number of nitrogens with zero attached hydrogens (tertiary/aromatic N) is 3. The fourth-order valence-electron chi connectivity index (χ4n) is 4.40. The number of fused-ring (bicyclic) bond motifs is 2. The zero-order valence-corrected chi connectivity index (χ0v) is 19.9. The fraction of sp³-hybridized carbons (Fsp3) is 0.208. The van der Waals surface area contributed by atoms with Crippen LogP contribution in [0, 0.1) is 0 Å². The smallest absolute Gasteiger partial charge is 0.408 e. The van der Waals surface area contributed by atoms with Gasteiger partial charge in [-0.1, -0.05) is 6.07 Å². The molecule has 1 unspecified atom stereocenters. The number of carbonyl (C=O) groups excluding carboxylic acids is 2. The van der Waals surface area contributed by atoms with Crippen molar-refractivity contribution in [3.05, 3.63) is 59.4 Å². The van der Waals surface area contributed by atoms with Crippen LogP contribution in [-0.4, -0.2) is 68.6 Å². The molecular weight excluding hydrogens is 482 g/mol. The van der Waals surface area contributed by atoms with Gasteiger partial charge in [-0.15, -0.1) is 0 Å². The average Bonchev–Trinajstić information content (AvgIpc) is 3.55. The van der Waals surface area contributed by atoms with E-state index < -0.39 is 23.9 Å². The number of aromatic nitrogens is 4. The van der Waals surface area contributed by atoms with Crippen LogP contribution in [0.2, 0.25) is 0 Å². The topological polar surface area (TPSA) is 175 Å². The minimum atomic E-state index is -1.23. The molecule has 0 saturated heterocycles. The standard InChI is InChI=1S/C24H23N7O6/c1-36-16-10-12-6-9-31(24(34)35)19(14(12)11-17(16)37-2)21(33)30-23-27-15-5-3-4-13(18(15)28-23)20(32)29-22-25-7-8-26-22/h3-5,7-8,10-11,19H,6,9H2,1-2H3,(H,34,35)(H2,25,26,29,32)(H2,27,28,30,33). The number of para-hydroxylation sites is 1. The van der Waals surface area contributed by atoms with Crippen LogP contribution >= 0.6 is 0 Å². The molecule has 37 heavy (non-hydrogen) atoms. The van der Waals surface area contributed by atoms with E-state index >= 15 is 0 Å². The van der Waals surface area contributed by atoms with Gasteiger partial charge in [0.2, 0.25) is 11.9 Å². The third-order valence-corrected chi connectivity index (χ3v) is 6.10. The van der Waals surface area contributed by atoms with Crippen molar-refractivity contribution in [1.82, 2.24) is 24.8 Å². The van der Waals surface area contributed by atoms with Gasteiger partial charge in [-0.2, -0.15) is 0 Å². The fourth-order valence-corrected chi connectivity index (χ4v) is 4.40. The Kier molecular flexibility index (Phi) is 6.09. The summed E-state index contributed by atoms with van der Waals surface area (Å²) in [7, 11) is 2.97. The first-order valence-electron chi connectivity index (χ1n) is 11.2. The number of hydrogen-bond donors (Lipinski definition) is 5. The first kappa shape index (κ1) is 23.7. The number of nitrogens with one attached hydrogen (secondary N) is 4. The molecule has 5 rings (SSSR count). The molecular formula is C24H23N7O6. The number of carbonyl (C=O) groups is 3. The second kappa shape index (κ2) is 9.53. The molecule has 0 radical (unpaired) electrons. The number of methoxy groups -OCH3 is 2. The summed E-state index contributed by atoms with van der Waals surface area (Å²) in [5.74, 6) is 0.156. The highest BCUT2D eigenvalue weighted by Gasteiger charge is 2.37. The Morgan fingerprint density at radius 1 is 1.11 bits per heavy atom. The number of benzene rings is 2. The predicted octanol–water partition coefficient (Wildman–Crippen LogP) is 2.77. The molecule has 2 aromatic heterocycles. The molecule has 0 spiro atoms. The number of carboxylic acid groups (broad SMARTS) is 1. The van der Waals surface area contributed by atoms with Crippen molar-refractivity contribution in [2.45, 2.75) is 12.5 Å². The number of imidazole rings is 2. The van der Waals surface area contributed by atoms with Crippen LogP contribution in [0.15, 0.2) is 42.7 Å². The largest absolute Gasteiger partial charge is 0.493 e. The molecule has 0 saturated carbocycles. The normalized spacial score (nSPS) is 14.6. The highest BCUT2D eigenvalue weighted by molar-refractivity contribution is 6.11. The lowest BCUT2D eigenvalue weighted by Crippen LogP contribution is -2.44. The van der Waals surface area contributed by atoms with Gasteiger partial charge in [0.05, 0.1) is 25.3 Å². The summed E-state index contributed by atoms with van der Waals surface area (Å²) >= 11 is 0. The van der Waals surface area contributed by atoms with Gasteiger partial charge in [0.15, 0.2) is 11.5 Å². The molecule has 0 aliphatic carbocycles. The summed E-state index contributed by atoms with van der Waals surface area (Å²) < 4.78 is 10.7. The molecule has 5 N–H and O–H groups in total. The van der Waals surface area contributed by atoms with Crippen molar-refractivity contribution in [3.8, 4) is 11.5 Å². The third kappa shape index (κ3) is 4.37. The highest BCUT2D eigenvalue weighted by atomic mass is 16.5. The molecule has 1 atom stereocenters. The van der Waals surface area contributed by atoms with Gasteiger partial charge in [-0.05, 0) is 41.8 Å². The zero-order valence-electron chi connectivity index (χ0n) is 19.9. The Bertz CT molecular complexity index is 1500.